The molecule has 1 aromatic carbocycles. The van der Waals surface area contributed by atoms with Crippen molar-refractivity contribution in [2.75, 3.05) is 17.7 Å². The number of rotatable bonds is 5. The van der Waals surface area contributed by atoms with Crippen LogP contribution in [0.5, 0.6) is 5.75 Å². The van der Waals surface area contributed by atoms with E-state index in [1.165, 1.54) is 13.3 Å². The lowest BCUT2D eigenvalue weighted by Gasteiger charge is -2.09. The standard InChI is InChI=1S/C15H13N5O2/c1-22-13-6-3-2-5-12(13)20-14(21)11(9-16)10-19-15-17-7-4-8-18-15/h2-8,10H,1H3,(H,20,21)(H,17,18,19)/b11-10-. The topological polar surface area (TPSA) is 99.9 Å². The number of amides is 1. The Balaban J connectivity index is 2.11. The summed E-state index contributed by atoms with van der Waals surface area (Å²) in [7, 11) is 1.50. The molecule has 22 heavy (non-hydrogen) atoms. The van der Waals surface area contributed by atoms with Gasteiger partial charge in [0.25, 0.3) is 5.91 Å². The maximum absolute atomic E-state index is 12.1. The monoisotopic (exact) mass is 295 g/mol. The molecule has 2 N–H and O–H groups in total. The van der Waals surface area contributed by atoms with E-state index in [0.717, 1.165) is 0 Å². The van der Waals surface area contributed by atoms with Crippen LogP contribution in [0, 0.1) is 11.3 Å². The van der Waals surface area contributed by atoms with Crippen molar-refractivity contribution in [3.63, 3.8) is 0 Å². The summed E-state index contributed by atoms with van der Waals surface area (Å²) < 4.78 is 5.14. The third-order valence-corrected chi connectivity index (χ3v) is 2.63. The first kappa shape index (κ1) is 15.0. The van der Waals surface area contributed by atoms with Crippen molar-refractivity contribution in [2.45, 2.75) is 0 Å². The van der Waals surface area contributed by atoms with E-state index in [1.54, 1.807) is 42.7 Å². The van der Waals surface area contributed by atoms with Gasteiger partial charge in [-0.1, -0.05) is 12.1 Å². The molecule has 1 heterocycles. The van der Waals surface area contributed by atoms with E-state index in [4.69, 9.17) is 10.00 Å². The number of benzene rings is 1. The Bertz CT molecular complexity index is 722. The van der Waals surface area contributed by atoms with Crippen LogP contribution in [0.2, 0.25) is 0 Å². The summed E-state index contributed by atoms with van der Waals surface area (Å²) in [5.74, 6) is 0.239. The number of nitriles is 1. The van der Waals surface area contributed by atoms with Gasteiger partial charge in [-0.15, -0.1) is 0 Å². The van der Waals surface area contributed by atoms with Crippen LogP contribution in [-0.2, 0) is 4.79 Å². The molecule has 0 unspecified atom stereocenters. The Labute approximate surface area is 127 Å². The van der Waals surface area contributed by atoms with Crippen LogP contribution in [0.25, 0.3) is 0 Å². The number of hydrogen-bond donors (Lipinski definition) is 2. The van der Waals surface area contributed by atoms with E-state index in [-0.39, 0.29) is 5.57 Å². The molecule has 1 amide bonds. The Hall–Kier alpha value is -3.40. The minimum absolute atomic E-state index is 0.113. The Morgan fingerprint density at radius 3 is 2.68 bits per heavy atom. The Kier molecular flexibility index (Phi) is 5.04. The highest BCUT2D eigenvalue weighted by atomic mass is 16.5. The van der Waals surface area contributed by atoms with Gasteiger partial charge in [0.1, 0.15) is 17.4 Å². The summed E-state index contributed by atoms with van der Waals surface area (Å²) in [6.45, 7) is 0. The van der Waals surface area contributed by atoms with Gasteiger partial charge in [0.2, 0.25) is 5.95 Å². The van der Waals surface area contributed by atoms with Crippen LogP contribution >= 0.6 is 0 Å². The molecule has 0 radical (unpaired) electrons. The number of nitrogens with one attached hydrogen (secondary N) is 2. The molecule has 7 nitrogen and oxygen atoms in total. The minimum Gasteiger partial charge on any atom is -0.495 e. The number of hydrogen-bond acceptors (Lipinski definition) is 6. The Morgan fingerprint density at radius 2 is 2.00 bits per heavy atom. The lowest BCUT2D eigenvalue weighted by molar-refractivity contribution is -0.112. The van der Waals surface area contributed by atoms with Gasteiger partial charge >= 0.3 is 0 Å². The van der Waals surface area contributed by atoms with Crippen LogP contribution in [0.3, 0.4) is 0 Å². The van der Waals surface area contributed by atoms with E-state index in [2.05, 4.69) is 20.6 Å². The molecule has 0 fully saturated rings. The maximum atomic E-state index is 12.1. The first-order valence-electron chi connectivity index (χ1n) is 6.33. The molecule has 110 valence electrons. The number of aromatic nitrogens is 2. The number of ether oxygens (including phenoxy) is 1. The molecule has 0 saturated carbocycles. The molecule has 0 bridgehead atoms. The van der Waals surface area contributed by atoms with Crippen LogP contribution < -0.4 is 15.4 Å². The van der Waals surface area contributed by atoms with Gasteiger partial charge in [0.05, 0.1) is 12.8 Å². The molecule has 0 aliphatic carbocycles. The average molecular weight is 295 g/mol. The first-order chi connectivity index (χ1) is 10.7. The van der Waals surface area contributed by atoms with Crippen molar-refractivity contribution in [1.82, 2.24) is 9.97 Å². The van der Waals surface area contributed by atoms with Crippen LogP contribution in [0.1, 0.15) is 0 Å². The number of methoxy groups -OCH3 is 1. The lowest BCUT2D eigenvalue weighted by Crippen LogP contribution is -2.15. The molecule has 0 spiro atoms. The van der Waals surface area contributed by atoms with Crippen LogP contribution in [-0.4, -0.2) is 23.0 Å². The summed E-state index contributed by atoms with van der Waals surface area (Å²) in [6, 6.07) is 10.4. The highest BCUT2D eigenvalue weighted by Crippen LogP contribution is 2.23. The second-order valence-electron chi connectivity index (χ2n) is 4.04. The third-order valence-electron chi connectivity index (χ3n) is 2.63. The van der Waals surface area contributed by atoms with E-state index in [9.17, 15) is 4.79 Å². The second-order valence-corrected chi connectivity index (χ2v) is 4.04. The summed E-state index contributed by atoms with van der Waals surface area (Å²) in [5.41, 5.74) is 0.366. The van der Waals surface area contributed by atoms with Gasteiger partial charge in [0, 0.05) is 18.6 Å². The first-order valence-corrected chi connectivity index (χ1v) is 6.33. The lowest BCUT2D eigenvalue weighted by atomic mass is 10.2. The molecular weight excluding hydrogens is 282 g/mol. The number of para-hydroxylation sites is 2. The number of carbonyl (C=O) groups is 1. The smallest absolute Gasteiger partial charge is 0.267 e. The van der Waals surface area contributed by atoms with E-state index in [0.29, 0.717) is 17.4 Å². The van der Waals surface area contributed by atoms with Gasteiger partial charge in [-0.25, -0.2) is 9.97 Å². The van der Waals surface area contributed by atoms with Crippen molar-refractivity contribution in [3.05, 3.63) is 54.5 Å². The van der Waals surface area contributed by atoms with Gasteiger partial charge in [-0.3, -0.25) is 4.79 Å². The molecule has 0 aliphatic rings. The van der Waals surface area contributed by atoms with Gasteiger partial charge in [-0.2, -0.15) is 5.26 Å². The van der Waals surface area contributed by atoms with Gasteiger partial charge in [0.15, 0.2) is 0 Å². The highest BCUT2D eigenvalue weighted by molar-refractivity contribution is 6.07. The SMILES string of the molecule is COc1ccccc1NC(=O)/C(C#N)=C\Nc1ncccn1. The fraction of sp³-hybridized carbons (Fsp3) is 0.0667. The quantitative estimate of drug-likeness (QED) is 0.646. The second kappa shape index (κ2) is 7.40. The van der Waals surface area contributed by atoms with E-state index in [1.807, 2.05) is 6.07 Å². The third kappa shape index (κ3) is 3.80. The van der Waals surface area contributed by atoms with Crippen LogP contribution in [0.4, 0.5) is 11.6 Å². The average Bonchev–Trinajstić information content (AvgIpc) is 2.57. The van der Waals surface area contributed by atoms with Gasteiger partial charge in [-0.05, 0) is 18.2 Å². The maximum Gasteiger partial charge on any atom is 0.267 e. The summed E-state index contributed by atoms with van der Waals surface area (Å²) in [5, 5.41) is 14.4. The predicted molar refractivity (Wildman–Crippen MR) is 81.0 cm³/mol. The van der Waals surface area contributed by atoms with E-state index < -0.39 is 5.91 Å². The zero-order valence-electron chi connectivity index (χ0n) is 11.8. The fourth-order valence-electron chi connectivity index (χ4n) is 1.60. The molecule has 7 heteroatoms. The molecule has 2 rings (SSSR count). The van der Waals surface area contributed by atoms with E-state index >= 15 is 0 Å². The number of nitrogens with zero attached hydrogens (tertiary/aromatic N) is 3. The zero-order valence-corrected chi connectivity index (χ0v) is 11.8. The highest BCUT2D eigenvalue weighted by Gasteiger charge is 2.11. The summed E-state index contributed by atoms with van der Waals surface area (Å²) in [4.78, 5) is 20.0. The molecular formula is C15H13N5O2. The molecule has 0 saturated heterocycles. The minimum atomic E-state index is -0.560. The van der Waals surface area contributed by atoms with Crippen molar-refractivity contribution in [1.29, 1.82) is 5.26 Å². The number of carbonyl (C=O) groups excluding carboxylic acids is 1. The molecule has 0 aliphatic heterocycles. The molecule has 2 aromatic rings. The predicted octanol–water partition coefficient (Wildman–Crippen LogP) is 1.94. The fourth-order valence-corrected chi connectivity index (χ4v) is 1.60. The van der Waals surface area contributed by atoms with Crippen molar-refractivity contribution in [3.8, 4) is 11.8 Å². The largest absolute Gasteiger partial charge is 0.495 e. The molecule has 1 aromatic heterocycles. The Morgan fingerprint density at radius 1 is 1.27 bits per heavy atom. The van der Waals surface area contributed by atoms with Crippen molar-refractivity contribution < 1.29 is 9.53 Å². The number of anilines is 2. The zero-order chi connectivity index (χ0) is 15.8. The summed E-state index contributed by atoms with van der Waals surface area (Å²) in [6.07, 6.45) is 4.34. The van der Waals surface area contributed by atoms with Crippen LogP contribution in [0.15, 0.2) is 54.5 Å². The summed E-state index contributed by atoms with van der Waals surface area (Å²) >= 11 is 0. The normalized spacial score (nSPS) is 10.5. The molecule has 0 atom stereocenters. The van der Waals surface area contributed by atoms with Crippen molar-refractivity contribution >= 4 is 17.5 Å². The van der Waals surface area contributed by atoms with Gasteiger partial charge < -0.3 is 15.4 Å². The van der Waals surface area contributed by atoms with Crippen molar-refractivity contribution in [2.24, 2.45) is 0 Å².